The van der Waals surface area contributed by atoms with E-state index in [-0.39, 0.29) is 44.4 Å². The van der Waals surface area contributed by atoms with Gasteiger partial charge in [0.25, 0.3) is 0 Å². The molecule has 1 atom stereocenters. The van der Waals surface area contributed by atoms with Crippen LogP contribution < -0.4 is 16.8 Å². The summed E-state index contributed by atoms with van der Waals surface area (Å²) in [7, 11) is 0. The molecule has 3 amide bonds. The minimum absolute atomic E-state index is 0.0192. The third-order valence-electron chi connectivity index (χ3n) is 5.17. The molecular formula is C29H40N4O7. The number of amides is 3. The van der Waals surface area contributed by atoms with Crippen LogP contribution in [-0.2, 0) is 30.4 Å². The summed E-state index contributed by atoms with van der Waals surface area (Å²) in [6, 6.07) is 0.750. The zero-order chi connectivity index (χ0) is 30.3. The smallest absolute Gasteiger partial charge is 0.303 e. The fraction of sp³-hybridized carbons (Fsp3) is 0.379. The van der Waals surface area contributed by atoms with E-state index < -0.39 is 29.6 Å². The summed E-state index contributed by atoms with van der Waals surface area (Å²) in [5.74, 6) is -2.35. The zero-order valence-corrected chi connectivity index (χ0v) is 23.1. The number of nitrogens with zero attached hydrogens (tertiary/aromatic N) is 1. The van der Waals surface area contributed by atoms with Crippen LogP contribution in [0, 0.1) is 0 Å². The molecule has 1 aromatic rings. The lowest BCUT2D eigenvalue weighted by molar-refractivity contribution is -0.138. The van der Waals surface area contributed by atoms with Crippen LogP contribution in [0.5, 0.6) is 0 Å². The highest BCUT2D eigenvalue weighted by Crippen LogP contribution is 2.17. The molecule has 0 radical (unpaired) electrons. The van der Waals surface area contributed by atoms with Gasteiger partial charge in [-0.1, -0.05) is 67.3 Å². The van der Waals surface area contributed by atoms with E-state index in [0.29, 0.717) is 17.9 Å². The quantitative estimate of drug-likeness (QED) is 0.197. The van der Waals surface area contributed by atoms with Crippen molar-refractivity contribution in [1.29, 1.82) is 0 Å². The molecular weight excluding hydrogens is 516 g/mol. The van der Waals surface area contributed by atoms with Crippen molar-refractivity contribution in [3.8, 4) is 0 Å². The first-order valence-corrected chi connectivity index (χ1v) is 12.9. The fourth-order valence-corrected chi connectivity index (χ4v) is 2.98. The topological polar surface area (TPSA) is 196 Å². The van der Waals surface area contributed by atoms with Gasteiger partial charge in [0.2, 0.25) is 17.7 Å². The summed E-state index contributed by atoms with van der Waals surface area (Å²) in [6.45, 7) is 7.21. The van der Waals surface area contributed by atoms with Gasteiger partial charge in [0, 0.05) is 44.6 Å². The van der Waals surface area contributed by atoms with Crippen molar-refractivity contribution in [1.82, 2.24) is 10.5 Å². The number of allylic oxidation sites excluding steroid dienone is 9. The van der Waals surface area contributed by atoms with Crippen LogP contribution in [-0.4, -0.2) is 45.8 Å². The maximum absolute atomic E-state index is 12.4. The van der Waals surface area contributed by atoms with Gasteiger partial charge in [-0.3, -0.25) is 24.0 Å². The third-order valence-corrected chi connectivity index (χ3v) is 5.17. The van der Waals surface area contributed by atoms with Crippen LogP contribution in [0.1, 0.15) is 70.2 Å². The van der Waals surface area contributed by atoms with Crippen molar-refractivity contribution in [2.45, 2.75) is 71.3 Å². The largest absolute Gasteiger partial charge is 0.481 e. The molecule has 0 spiro atoms. The third kappa shape index (κ3) is 17.8. The molecule has 218 valence electrons. The molecule has 0 aliphatic carbocycles. The van der Waals surface area contributed by atoms with Gasteiger partial charge >= 0.3 is 5.97 Å². The van der Waals surface area contributed by atoms with Crippen molar-refractivity contribution in [3.05, 3.63) is 72.7 Å². The summed E-state index contributed by atoms with van der Waals surface area (Å²) in [4.78, 5) is 56.0. The number of carboxylic acids is 1. The molecule has 0 aliphatic heterocycles. The number of carboxylic acid groups (broad SMARTS) is 1. The number of hydrogen-bond donors (Lipinski definition) is 4. The number of Topliss-reactive ketones (excluding diaryl/α,β-unsaturated/α-hetero) is 1. The number of carbonyl (C=O) groups excluding carboxylic acids is 4. The SMILES string of the molecule is C=C/C=C\C=C\C/C=C\C(=C/C)c1cc(CCC(=O)N[C@@H](CCC(=O)O)C(=O)CCC(N)=O)on1.CCC(N)=O. The minimum Gasteiger partial charge on any atom is -0.481 e. The summed E-state index contributed by atoms with van der Waals surface area (Å²) < 4.78 is 5.33. The highest BCUT2D eigenvalue weighted by molar-refractivity contribution is 5.91. The summed E-state index contributed by atoms with van der Waals surface area (Å²) in [6.07, 6.45) is 16.0. The molecule has 1 rings (SSSR count). The maximum atomic E-state index is 12.4. The Bertz CT molecular complexity index is 1110. The van der Waals surface area contributed by atoms with E-state index in [9.17, 15) is 24.0 Å². The van der Waals surface area contributed by atoms with Gasteiger partial charge in [0.15, 0.2) is 5.78 Å². The standard InChI is InChI=1S/C26H33N3O6.C3H7NO/c1-3-5-6-7-8-9-10-11-19(4-2)22-18-20(35-29-22)12-16-25(32)28-21(13-17-26(33)34)23(30)14-15-24(27)31;1-2-3(4)5/h3-8,10-11,18,21H,1,9,12-17H2,2H3,(H2,27,31)(H,28,32)(H,33,34);2H2,1H3,(H2,4,5)/b6-5-,8-7+,11-10-,19-4+;/t21-;/m0./s1. The molecule has 0 saturated carbocycles. The van der Waals surface area contributed by atoms with E-state index in [2.05, 4.69) is 22.8 Å². The first-order valence-electron chi connectivity index (χ1n) is 12.9. The van der Waals surface area contributed by atoms with E-state index in [4.69, 9.17) is 15.4 Å². The molecule has 0 bridgehead atoms. The molecule has 1 heterocycles. The predicted molar refractivity (Wildman–Crippen MR) is 152 cm³/mol. The lowest BCUT2D eigenvalue weighted by Gasteiger charge is -2.16. The fourth-order valence-electron chi connectivity index (χ4n) is 2.98. The van der Waals surface area contributed by atoms with E-state index >= 15 is 0 Å². The number of aryl methyl sites for hydroxylation is 1. The lowest BCUT2D eigenvalue weighted by Crippen LogP contribution is -2.41. The second kappa shape index (κ2) is 21.4. The van der Waals surface area contributed by atoms with E-state index in [0.717, 1.165) is 12.0 Å². The van der Waals surface area contributed by atoms with Gasteiger partial charge < -0.3 is 26.4 Å². The van der Waals surface area contributed by atoms with Crippen molar-refractivity contribution in [3.63, 3.8) is 0 Å². The second-order valence-electron chi connectivity index (χ2n) is 8.41. The van der Waals surface area contributed by atoms with Gasteiger partial charge in [0.1, 0.15) is 11.5 Å². The van der Waals surface area contributed by atoms with Crippen LogP contribution in [0.2, 0.25) is 0 Å². The van der Waals surface area contributed by atoms with Gasteiger partial charge in [0.05, 0.1) is 6.04 Å². The van der Waals surface area contributed by atoms with E-state index in [1.54, 1.807) is 19.1 Å². The highest BCUT2D eigenvalue weighted by Gasteiger charge is 2.22. The van der Waals surface area contributed by atoms with Gasteiger partial charge in [-0.25, -0.2) is 0 Å². The Hall–Kier alpha value is -4.54. The first-order chi connectivity index (χ1) is 19.0. The summed E-state index contributed by atoms with van der Waals surface area (Å²) in [5.41, 5.74) is 11.2. The Morgan fingerprint density at radius 1 is 1.05 bits per heavy atom. The van der Waals surface area contributed by atoms with Crippen molar-refractivity contribution in [2.75, 3.05) is 0 Å². The molecule has 0 unspecified atom stereocenters. The number of aliphatic carboxylic acids is 1. The number of hydrogen-bond acceptors (Lipinski definition) is 7. The molecule has 0 saturated heterocycles. The number of primary amides is 2. The van der Waals surface area contributed by atoms with E-state index in [1.807, 2.05) is 49.5 Å². The monoisotopic (exact) mass is 556 g/mol. The Kier molecular flexibility index (Phi) is 19.0. The lowest BCUT2D eigenvalue weighted by atomic mass is 10.0. The Morgan fingerprint density at radius 2 is 1.75 bits per heavy atom. The molecule has 1 aromatic heterocycles. The van der Waals surface area contributed by atoms with Crippen LogP contribution in [0.25, 0.3) is 5.57 Å². The number of nitrogens with one attached hydrogen (secondary N) is 1. The molecule has 40 heavy (non-hydrogen) atoms. The summed E-state index contributed by atoms with van der Waals surface area (Å²) in [5, 5.41) is 15.5. The second-order valence-corrected chi connectivity index (χ2v) is 8.41. The van der Waals surface area contributed by atoms with Crippen LogP contribution in [0.15, 0.2) is 65.8 Å². The average Bonchev–Trinajstić information content (AvgIpc) is 3.39. The highest BCUT2D eigenvalue weighted by atomic mass is 16.5. The zero-order valence-electron chi connectivity index (χ0n) is 23.1. The number of ketones is 1. The number of rotatable bonds is 18. The minimum atomic E-state index is -1.09. The van der Waals surface area contributed by atoms with Crippen LogP contribution in [0.4, 0.5) is 0 Å². The normalized spacial score (nSPS) is 12.2. The Morgan fingerprint density at radius 3 is 2.33 bits per heavy atom. The van der Waals surface area contributed by atoms with Crippen molar-refractivity contribution in [2.24, 2.45) is 11.5 Å². The predicted octanol–water partition coefficient (Wildman–Crippen LogP) is 3.32. The van der Waals surface area contributed by atoms with Gasteiger partial charge in [-0.2, -0.15) is 0 Å². The van der Waals surface area contributed by atoms with Gasteiger partial charge in [-0.15, -0.1) is 0 Å². The van der Waals surface area contributed by atoms with E-state index in [1.165, 1.54) is 0 Å². The number of aromatic nitrogens is 1. The Balaban J connectivity index is 0.00000277. The summed E-state index contributed by atoms with van der Waals surface area (Å²) >= 11 is 0. The molecule has 11 heteroatoms. The van der Waals surface area contributed by atoms with Gasteiger partial charge in [-0.05, 0) is 25.3 Å². The number of nitrogens with two attached hydrogens (primary N) is 2. The maximum Gasteiger partial charge on any atom is 0.303 e. The average molecular weight is 557 g/mol. The van der Waals surface area contributed by atoms with Crippen molar-refractivity contribution < 1.29 is 33.6 Å². The Labute approximate surface area is 234 Å². The molecule has 6 N–H and O–H groups in total. The molecule has 0 aromatic carbocycles. The van der Waals surface area contributed by atoms with Crippen LogP contribution >= 0.6 is 0 Å². The van der Waals surface area contributed by atoms with Crippen molar-refractivity contribution >= 4 is 35.0 Å². The number of carbonyl (C=O) groups is 5. The molecule has 0 fully saturated rings. The van der Waals surface area contributed by atoms with Crippen LogP contribution in [0.3, 0.4) is 0 Å². The molecule has 0 aliphatic rings. The molecule has 11 nitrogen and oxygen atoms in total. The first kappa shape index (κ1) is 35.5.